The van der Waals surface area contributed by atoms with E-state index in [4.69, 9.17) is 5.73 Å². The monoisotopic (exact) mass is 197 g/mol. The molecule has 80 valence electrons. The average molecular weight is 197 g/mol. The molecule has 14 heavy (non-hydrogen) atoms. The molecule has 3 N–H and O–H groups in total. The number of rotatable bonds is 3. The Balaban J connectivity index is 1.59. The molecule has 1 amide bonds. The van der Waals surface area contributed by atoms with Crippen molar-refractivity contribution in [3.8, 4) is 0 Å². The molecule has 0 bridgehead atoms. The molecule has 2 rings (SSSR count). The van der Waals surface area contributed by atoms with Gasteiger partial charge in [0.1, 0.15) is 0 Å². The number of carbonyl (C=O) groups excluding carboxylic acids is 1. The van der Waals surface area contributed by atoms with E-state index in [-0.39, 0.29) is 17.9 Å². The second kappa shape index (κ2) is 3.87. The van der Waals surface area contributed by atoms with Crippen LogP contribution in [0.15, 0.2) is 0 Å². The Kier molecular flexibility index (Phi) is 2.74. The second-order valence-corrected chi connectivity index (χ2v) is 4.76. The lowest BCUT2D eigenvalue weighted by atomic mass is 9.80. The molecule has 1 heterocycles. The number of hydrogen-bond donors (Lipinski definition) is 2. The van der Waals surface area contributed by atoms with E-state index in [1.807, 2.05) is 0 Å². The highest BCUT2D eigenvalue weighted by atomic mass is 16.1. The van der Waals surface area contributed by atoms with Crippen LogP contribution in [-0.4, -0.2) is 43.5 Å². The molecule has 4 heteroatoms. The summed E-state index contributed by atoms with van der Waals surface area (Å²) >= 11 is 0. The van der Waals surface area contributed by atoms with Crippen molar-refractivity contribution in [2.24, 2.45) is 17.6 Å². The van der Waals surface area contributed by atoms with Crippen molar-refractivity contribution in [1.29, 1.82) is 0 Å². The van der Waals surface area contributed by atoms with E-state index in [0.717, 1.165) is 32.5 Å². The van der Waals surface area contributed by atoms with Gasteiger partial charge in [-0.25, -0.2) is 0 Å². The standard InChI is InChI=1S/C10H19N3O/c1-13-5-7(6-13)4-12-10(14)8-2-9(11)3-8/h7-9H,2-6,11H2,1H3,(H,12,14). The first-order chi connectivity index (χ1) is 6.65. The Morgan fingerprint density at radius 1 is 1.50 bits per heavy atom. The molecule has 1 aliphatic carbocycles. The molecular weight excluding hydrogens is 178 g/mol. The van der Waals surface area contributed by atoms with Crippen LogP contribution in [0.2, 0.25) is 0 Å². The Bertz CT molecular complexity index is 219. The maximum absolute atomic E-state index is 11.5. The maximum atomic E-state index is 11.5. The van der Waals surface area contributed by atoms with Crippen LogP contribution < -0.4 is 11.1 Å². The van der Waals surface area contributed by atoms with Gasteiger partial charge in [0, 0.05) is 37.5 Å². The van der Waals surface area contributed by atoms with Crippen molar-refractivity contribution in [3.63, 3.8) is 0 Å². The highest BCUT2D eigenvalue weighted by Gasteiger charge is 2.32. The van der Waals surface area contributed by atoms with Gasteiger partial charge in [0.05, 0.1) is 0 Å². The number of nitrogens with one attached hydrogen (secondary N) is 1. The number of carbonyl (C=O) groups is 1. The van der Waals surface area contributed by atoms with Gasteiger partial charge in [0.2, 0.25) is 5.91 Å². The number of hydrogen-bond acceptors (Lipinski definition) is 3. The lowest BCUT2D eigenvalue weighted by Gasteiger charge is -2.37. The average Bonchev–Trinajstić information content (AvgIpc) is 2.04. The minimum Gasteiger partial charge on any atom is -0.355 e. The van der Waals surface area contributed by atoms with Gasteiger partial charge >= 0.3 is 0 Å². The minimum atomic E-state index is 0.197. The lowest BCUT2D eigenvalue weighted by molar-refractivity contribution is -0.128. The molecule has 1 saturated carbocycles. The third-order valence-corrected chi connectivity index (χ3v) is 3.25. The van der Waals surface area contributed by atoms with Crippen LogP contribution >= 0.6 is 0 Å². The number of likely N-dealkylation sites (tertiary alicyclic amines) is 1. The highest BCUT2D eigenvalue weighted by molar-refractivity contribution is 5.79. The summed E-state index contributed by atoms with van der Waals surface area (Å²) in [6.07, 6.45) is 1.74. The smallest absolute Gasteiger partial charge is 0.223 e. The van der Waals surface area contributed by atoms with Gasteiger partial charge in [0.15, 0.2) is 0 Å². The summed E-state index contributed by atoms with van der Waals surface area (Å²) in [5, 5.41) is 3.01. The number of nitrogens with two attached hydrogens (primary N) is 1. The first kappa shape index (κ1) is 9.93. The highest BCUT2D eigenvalue weighted by Crippen LogP contribution is 2.25. The molecule has 0 unspecified atom stereocenters. The fourth-order valence-corrected chi connectivity index (χ4v) is 2.22. The van der Waals surface area contributed by atoms with E-state index in [9.17, 15) is 4.79 Å². The van der Waals surface area contributed by atoms with Crippen molar-refractivity contribution in [3.05, 3.63) is 0 Å². The summed E-state index contributed by atoms with van der Waals surface area (Å²) in [7, 11) is 2.10. The fraction of sp³-hybridized carbons (Fsp3) is 0.900. The zero-order valence-electron chi connectivity index (χ0n) is 8.70. The molecule has 1 saturated heterocycles. The topological polar surface area (TPSA) is 58.4 Å². The summed E-state index contributed by atoms with van der Waals surface area (Å²) < 4.78 is 0. The molecule has 0 aromatic rings. The minimum absolute atomic E-state index is 0.197. The first-order valence-corrected chi connectivity index (χ1v) is 5.37. The molecule has 4 nitrogen and oxygen atoms in total. The van der Waals surface area contributed by atoms with Crippen molar-refractivity contribution < 1.29 is 4.79 Å². The summed E-state index contributed by atoms with van der Waals surface area (Å²) in [5.74, 6) is 1.07. The van der Waals surface area contributed by atoms with Crippen LogP contribution in [0.1, 0.15) is 12.8 Å². The molecule has 2 fully saturated rings. The molecule has 1 aliphatic heterocycles. The zero-order chi connectivity index (χ0) is 10.1. The quantitative estimate of drug-likeness (QED) is 0.635. The van der Waals surface area contributed by atoms with Crippen LogP contribution in [0.3, 0.4) is 0 Å². The van der Waals surface area contributed by atoms with Crippen LogP contribution in [0, 0.1) is 11.8 Å². The molecule has 0 aromatic carbocycles. The van der Waals surface area contributed by atoms with Crippen LogP contribution in [-0.2, 0) is 4.79 Å². The fourth-order valence-electron chi connectivity index (χ4n) is 2.22. The first-order valence-electron chi connectivity index (χ1n) is 5.37. The van der Waals surface area contributed by atoms with Crippen LogP contribution in [0.5, 0.6) is 0 Å². The van der Waals surface area contributed by atoms with Gasteiger partial charge < -0.3 is 16.0 Å². The van der Waals surface area contributed by atoms with Crippen molar-refractivity contribution in [2.45, 2.75) is 18.9 Å². The molecule has 0 spiro atoms. The van der Waals surface area contributed by atoms with E-state index in [1.54, 1.807) is 0 Å². The Labute approximate surface area is 84.8 Å². The van der Waals surface area contributed by atoms with Gasteiger partial charge in [0.25, 0.3) is 0 Å². The Morgan fingerprint density at radius 2 is 2.14 bits per heavy atom. The second-order valence-electron chi connectivity index (χ2n) is 4.76. The Morgan fingerprint density at radius 3 is 2.64 bits per heavy atom. The molecule has 0 aromatic heterocycles. The summed E-state index contributed by atoms with van der Waals surface area (Å²) in [4.78, 5) is 13.8. The van der Waals surface area contributed by atoms with Gasteiger partial charge in [-0.05, 0) is 19.9 Å². The van der Waals surface area contributed by atoms with Crippen LogP contribution in [0.4, 0.5) is 0 Å². The zero-order valence-corrected chi connectivity index (χ0v) is 8.70. The van der Waals surface area contributed by atoms with E-state index < -0.39 is 0 Å². The third-order valence-electron chi connectivity index (χ3n) is 3.25. The van der Waals surface area contributed by atoms with Gasteiger partial charge in [-0.15, -0.1) is 0 Å². The molecular formula is C10H19N3O. The molecule has 2 aliphatic rings. The van der Waals surface area contributed by atoms with E-state index in [1.165, 1.54) is 0 Å². The predicted molar refractivity (Wildman–Crippen MR) is 54.7 cm³/mol. The van der Waals surface area contributed by atoms with Crippen LogP contribution in [0.25, 0.3) is 0 Å². The van der Waals surface area contributed by atoms with Crippen molar-refractivity contribution in [1.82, 2.24) is 10.2 Å². The maximum Gasteiger partial charge on any atom is 0.223 e. The van der Waals surface area contributed by atoms with E-state index in [2.05, 4.69) is 17.3 Å². The largest absolute Gasteiger partial charge is 0.355 e. The van der Waals surface area contributed by atoms with E-state index in [0.29, 0.717) is 5.92 Å². The normalized spacial score (nSPS) is 33.3. The summed E-state index contributed by atoms with van der Waals surface area (Å²) in [5.41, 5.74) is 5.63. The number of amides is 1. The van der Waals surface area contributed by atoms with Crippen molar-refractivity contribution >= 4 is 5.91 Å². The number of nitrogens with zero attached hydrogens (tertiary/aromatic N) is 1. The SMILES string of the molecule is CN1CC(CNC(=O)C2CC(N)C2)C1. The van der Waals surface area contributed by atoms with Gasteiger partial charge in [-0.2, -0.15) is 0 Å². The Hall–Kier alpha value is -0.610. The molecule has 0 radical (unpaired) electrons. The lowest BCUT2D eigenvalue weighted by Crippen LogP contribution is -2.51. The predicted octanol–water partition coefficient (Wildman–Crippen LogP) is -0.598. The summed E-state index contributed by atoms with van der Waals surface area (Å²) in [6.45, 7) is 3.07. The van der Waals surface area contributed by atoms with Gasteiger partial charge in [-0.1, -0.05) is 0 Å². The third kappa shape index (κ3) is 2.07. The summed E-state index contributed by atoms with van der Waals surface area (Å²) in [6, 6.07) is 0.264. The van der Waals surface area contributed by atoms with Crippen molar-refractivity contribution in [2.75, 3.05) is 26.7 Å². The van der Waals surface area contributed by atoms with E-state index >= 15 is 0 Å². The molecule has 0 atom stereocenters. The van der Waals surface area contributed by atoms with Gasteiger partial charge in [-0.3, -0.25) is 4.79 Å².